The lowest BCUT2D eigenvalue weighted by Crippen LogP contribution is -2.31. The number of carbonyl (C=O) groups is 1. The van der Waals surface area contributed by atoms with Crippen LogP contribution in [0.3, 0.4) is 0 Å². The molecule has 1 saturated carbocycles. The van der Waals surface area contributed by atoms with Crippen LogP contribution in [-0.2, 0) is 10.3 Å². The van der Waals surface area contributed by atoms with Gasteiger partial charge < -0.3 is 0 Å². The summed E-state index contributed by atoms with van der Waals surface area (Å²) in [6, 6.07) is 5.71. The molecule has 156 valence electrons. The molecule has 0 unspecified atom stereocenters. The highest BCUT2D eigenvalue weighted by Gasteiger charge is 2.62. The van der Waals surface area contributed by atoms with E-state index < -0.39 is 28.8 Å². The van der Waals surface area contributed by atoms with Crippen molar-refractivity contribution in [2.24, 2.45) is 0 Å². The van der Waals surface area contributed by atoms with Gasteiger partial charge in [-0.15, -0.1) is 0 Å². The number of hydrogen-bond acceptors (Lipinski definition) is 4. The summed E-state index contributed by atoms with van der Waals surface area (Å²) in [5, 5.41) is 6.68. The molecule has 6 rings (SSSR count). The predicted molar refractivity (Wildman–Crippen MR) is 111 cm³/mol. The molecule has 4 heterocycles. The molecule has 7 nitrogen and oxygen atoms in total. The SMILES string of the molecule is O=C1N(c2c(F)cc(C#Cc3cccnc3)cc2F)c2ncc(-c3cn[nH]c3)n2C12CC2. The van der Waals surface area contributed by atoms with E-state index in [1.165, 1.54) is 0 Å². The summed E-state index contributed by atoms with van der Waals surface area (Å²) in [5.41, 5.74) is 0.875. The summed E-state index contributed by atoms with van der Waals surface area (Å²) in [4.78, 5) is 22.6. The fourth-order valence-electron chi connectivity index (χ4n) is 4.10. The maximum absolute atomic E-state index is 15.1. The van der Waals surface area contributed by atoms with Gasteiger partial charge in [-0.3, -0.25) is 19.4 Å². The number of nitrogens with zero attached hydrogens (tertiary/aromatic N) is 5. The third-order valence-corrected chi connectivity index (χ3v) is 5.74. The largest absolute Gasteiger partial charge is 0.294 e. The fourth-order valence-corrected chi connectivity index (χ4v) is 4.10. The minimum atomic E-state index is -0.883. The van der Waals surface area contributed by atoms with Crippen molar-refractivity contribution in [2.45, 2.75) is 18.4 Å². The van der Waals surface area contributed by atoms with Crippen LogP contribution >= 0.6 is 0 Å². The molecule has 2 aliphatic rings. The van der Waals surface area contributed by atoms with Crippen LogP contribution in [0.1, 0.15) is 24.0 Å². The minimum absolute atomic E-state index is 0.155. The Hall–Kier alpha value is -4.32. The molecule has 0 bridgehead atoms. The Kier molecular flexibility index (Phi) is 3.80. The number of anilines is 2. The zero-order chi connectivity index (χ0) is 21.9. The van der Waals surface area contributed by atoms with Crippen molar-refractivity contribution in [3.63, 3.8) is 0 Å². The number of pyridine rings is 1. The summed E-state index contributed by atoms with van der Waals surface area (Å²) in [6.45, 7) is 0. The molecule has 1 aliphatic heterocycles. The van der Waals surface area contributed by atoms with Crippen molar-refractivity contribution in [1.29, 1.82) is 0 Å². The van der Waals surface area contributed by atoms with Gasteiger partial charge in [0.05, 0.1) is 18.1 Å². The first-order valence-corrected chi connectivity index (χ1v) is 9.91. The third kappa shape index (κ3) is 2.59. The average molecular weight is 428 g/mol. The van der Waals surface area contributed by atoms with E-state index in [-0.39, 0.29) is 11.5 Å². The molecule has 9 heteroatoms. The van der Waals surface area contributed by atoms with Gasteiger partial charge in [-0.1, -0.05) is 11.8 Å². The first kappa shape index (κ1) is 18.4. The van der Waals surface area contributed by atoms with Gasteiger partial charge in [0.2, 0.25) is 5.95 Å². The zero-order valence-corrected chi connectivity index (χ0v) is 16.5. The number of aromatic amines is 1. The molecule has 1 spiro atoms. The Labute approximate surface area is 180 Å². The van der Waals surface area contributed by atoms with Crippen LogP contribution in [0.4, 0.5) is 20.4 Å². The molecule has 0 saturated heterocycles. The lowest BCUT2D eigenvalue weighted by atomic mass is 10.1. The minimum Gasteiger partial charge on any atom is -0.294 e. The standard InChI is InChI=1S/C23H14F2N6O/c24-17-8-15(4-3-14-2-1-7-26-10-14)9-18(25)20(17)30-21(32)23(5-6-23)31-19(13-27-22(30)31)16-11-28-29-12-16/h1-2,7-13H,5-6H2,(H,28,29). The quantitative estimate of drug-likeness (QED) is 0.496. The Morgan fingerprint density at radius 2 is 1.84 bits per heavy atom. The Bertz CT molecular complexity index is 1410. The van der Waals surface area contributed by atoms with Gasteiger partial charge in [0.25, 0.3) is 5.91 Å². The van der Waals surface area contributed by atoms with Gasteiger partial charge in [0, 0.05) is 35.3 Å². The van der Waals surface area contributed by atoms with Crippen LogP contribution in [0.15, 0.2) is 55.2 Å². The molecule has 1 aliphatic carbocycles. The normalized spacial score (nSPS) is 15.6. The van der Waals surface area contributed by atoms with E-state index in [2.05, 4.69) is 32.0 Å². The Balaban J connectivity index is 1.44. The van der Waals surface area contributed by atoms with Crippen molar-refractivity contribution in [3.05, 3.63) is 78.0 Å². The van der Waals surface area contributed by atoms with Gasteiger partial charge >= 0.3 is 0 Å². The fraction of sp³-hybridized carbons (Fsp3) is 0.130. The Morgan fingerprint density at radius 3 is 2.50 bits per heavy atom. The molecule has 32 heavy (non-hydrogen) atoms. The van der Waals surface area contributed by atoms with E-state index in [1.54, 1.807) is 47.7 Å². The lowest BCUT2D eigenvalue weighted by Gasteiger charge is -2.17. The van der Waals surface area contributed by atoms with Crippen molar-refractivity contribution < 1.29 is 13.6 Å². The van der Waals surface area contributed by atoms with E-state index in [0.29, 0.717) is 24.1 Å². The number of nitrogens with one attached hydrogen (secondary N) is 1. The van der Waals surface area contributed by atoms with Crippen molar-refractivity contribution in [1.82, 2.24) is 24.7 Å². The topological polar surface area (TPSA) is 79.7 Å². The number of carbonyl (C=O) groups excluding carboxylic acids is 1. The van der Waals surface area contributed by atoms with E-state index in [0.717, 1.165) is 22.6 Å². The number of fused-ring (bicyclic) bond motifs is 2. The second-order valence-electron chi connectivity index (χ2n) is 7.72. The van der Waals surface area contributed by atoms with E-state index in [4.69, 9.17) is 0 Å². The first-order valence-electron chi connectivity index (χ1n) is 9.91. The highest BCUT2D eigenvalue weighted by Crippen LogP contribution is 2.56. The molecule has 1 aromatic carbocycles. The number of halogens is 2. The van der Waals surface area contributed by atoms with Gasteiger partial charge in [-0.25, -0.2) is 18.7 Å². The van der Waals surface area contributed by atoms with Gasteiger partial charge in [0.15, 0.2) is 11.6 Å². The monoisotopic (exact) mass is 428 g/mol. The maximum Gasteiger partial charge on any atom is 0.260 e. The van der Waals surface area contributed by atoms with Crippen LogP contribution in [0, 0.1) is 23.5 Å². The number of aromatic nitrogens is 5. The molecule has 1 N–H and O–H groups in total. The molecule has 0 atom stereocenters. The summed E-state index contributed by atoms with van der Waals surface area (Å²) >= 11 is 0. The lowest BCUT2D eigenvalue weighted by molar-refractivity contribution is -0.120. The first-order chi connectivity index (χ1) is 15.6. The van der Waals surface area contributed by atoms with Crippen molar-refractivity contribution in [2.75, 3.05) is 4.90 Å². The number of H-pyrrole nitrogens is 1. The van der Waals surface area contributed by atoms with Gasteiger partial charge in [-0.05, 0) is 37.1 Å². The van der Waals surface area contributed by atoms with Crippen LogP contribution in [0.5, 0.6) is 0 Å². The summed E-state index contributed by atoms with van der Waals surface area (Å²) in [5.74, 6) is 3.59. The average Bonchev–Trinajstić information content (AvgIpc) is 3.12. The zero-order valence-electron chi connectivity index (χ0n) is 16.5. The number of imidazole rings is 1. The predicted octanol–water partition coefficient (Wildman–Crippen LogP) is 3.51. The van der Waals surface area contributed by atoms with Crippen LogP contribution in [-0.4, -0.2) is 30.6 Å². The molecule has 1 fully saturated rings. The van der Waals surface area contributed by atoms with E-state index >= 15 is 8.78 Å². The number of amides is 1. The maximum atomic E-state index is 15.1. The molecular weight excluding hydrogens is 414 g/mol. The van der Waals surface area contributed by atoms with Gasteiger partial charge in [0.1, 0.15) is 11.2 Å². The van der Waals surface area contributed by atoms with Crippen molar-refractivity contribution in [3.8, 4) is 23.1 Å². The Morgan fingerprint density at radius 1 is 1.06 bits per heavy atom. The highest BCUT2D eigenvalue weighted by molar-refractivity contribution is 6.09. The smallest absolute Gasteiger partial charge is 0.260 e. The second-order valence-corrected chi connectivity index (χ2v) is 7.72. The molecule has 4 aromatic rings. The second kappa shape index (κ2) is 6.59. The van der Waals surface area contributed by atoms with Gasteiger partial charge in [-0.2, -0.15) is 5.10 Å². The number of hydrogen-bond donors (Lipinski definition) is 1. The number of benzene rings is 1. The van der Waals surface area contributed by atoms with Crippen LogP contribution in [0.2, 0.25) is 0 Å². The molecule has 3 aromatic heterocycles. The highest BCUT2D eigenvalue weighted by atomic mass is 19.1. The molecule has 1 amide bonds. The summed E-state index contributed by atoms with van der Waals surface area (Å²) in [7, 11) is 0. The third-order valence-electron chi connectivity index (χ3n) is 5.74. The van der Waals surface area contributed by atoms with Crippen LogP contribution in [0.25, 0.3) is 11.3 Å². The van der Waals surface area contributed by atoms with Crippen LogP contribution < -0.4 is 4.90 Å². The van der Waals surface area contributed by atoms with E-state index in [9.17, 15) is 4.79 Å². The number of rotatable bonds is 2. The molecule has 0 radical (unpaired) electrons. The van der Waals surface area contributed by atoms with Crippen molar-refractivity contribution >= 4 is 17.5 Å². The van der Waals surface area contributed by atoms with E-state index in [1.807, 2.05) is 0 Å². The summed E-state index contributed by atoms with van der Waals surface area (Å²) < 4.78 is 32.0. The summed E-state index contributed by atoms with van der Waals surface area (Å²) in [6.07, 6.45) is 9.21. The molecular formula is C23H14F2N6O.